The monoisotopic (exact) mass is 387 g/mol. The summed E-state index contributed by atoms with van der Waals surface area (Å²) in [7, 11) is 0. The third-order valence-corrected chi connectivity index (χ3v) is 4.18. The van der Waals surface area contributed by atoms with Crippen molar-refractivity contribution in [1.82, 2.24) is 9.97 Å². The molecule has 3 rings (SSSR count). The number of benzene rings is 1. The van der Waals surface area contributed by atoms with Crippen molar-refractivity contribution in [3.63, 3.8) is 0 Å². The van der Waals surface area contributed by atoms with Crippen molar-refractivity contribution in [3.05, 3.63) is 52.2 Å². The molecule has 0 fully saturated rings. The average molecular weight is 388 g/mol. The fraction of sp³-hybridized carbons (Fsp3) is 0.278. The molecule has 2 heterocycles. The minimum absolute atomic E-state index is 0.134. The van der Waals surface area contributed by atoms with Crippen molar-refractivity contribution in [2.45, 2.75) is 33.1 Å². The van der Waals surface area contributed by atoms with Gasteiger partial charge in [-0.1, -0.05) is 36.7 Å². The van der Waals surface area contributed by atoms with Crippen LogP contribution >= 0.6 is 15.9 Å². The Kier molecular flexibility index (Phi) is 4.17. The van der Waals surface area contributed by atoms with Crippen LogP contribution in [0.25, 0.3) is 11.0 Å². The summed E-state index contributed by atoms with van der Waals surface area (Å²) in [6.45, 7) is 7.98. The first kappa shape index (κ1) is 16.6. The predicted molar refractivity (Wildman–Crippen MR) is 97.3 cm³/mol. The molecule has 1 amide bonds. The highest BCUT2D eigenvalue weighted by atomic mass is 79.9. The molecule has 0 saturated heterocycles. The first-order chi connectivity index (χ1) is 11.3. The first-order valence-electron chi connectivity index (χ1n) is 7.58. The maximum absolute atomic E-state index is 12.5. The quantitative estimate of drug-likeness (QED) is 0.682. The van der Waals surface area contributed by atoms with Gasteiger partial charge < -0.3 is 9.73 Å². The highest BCUT2D eigenvalue weighted by Crippen LogP contribution is 2.28. The van der Waals surface area contributed by atoms with Crippen LogP contribution in [0, 0.1) is 6.92 Å². The molecule has 0 atom stereocenters. The van der Waals surface area contributed by atoms with Gasteiger partial charge in [0.05, 0.1) is 18.1 Å². The van der Waals surface area contributed by atoms with E-state index >= 15 is 0 Å². The number of aryl methyl sites for hydroxylation is 1. The van der Waals surface area contributed by atoms with Gasteiger partial charge in [0, 0.05) is 20.8 Å². The number of furan rings is 1. The van der Waals surface area contributed by atoms with Crippen LogP contribution in [0.4, 0.5) is 5.69 Å². The van der Waals surface area contributed by atoms with E-state index in [-0.39, 0.29) is 11.3 Å². The molecule has 0 bridgehead atoms. The smallest absolute Gasteiger partial charge is 0.291 e. The SMILES string of the molecule is Cc1c(C(=O)Nc2cnc(C(C)(C)C)nc2)oc2ccc(Br)cc12. The van der Waals surface area contributed by atoms with Crippen LogP contribution in [0.2, 0.25) is 0 Å². The third-order valence-electron chi connectivity index (χ3n) is 3.68. The van der Waals surface area contributed by atoms with Gasteiger partial charge in [-0.3, -0.25) is 4.79 Å². The van der Waals surface area contributed by atoms with Crippen molar-refractivity contribution in [2.24, 2.45) is 0 Å². The maximum atomic E-state index is 12.5. The fourth-order valence-electron chi connectivity index (χ4n) is 2.38. The van der Waals surface area contributed by atoms with Gasteiger partial charge in [-0.15, -0.1) is 0 Å². The lowest BCUT2D eigenvalue weighted by Gasteiger charge is -2.16. The number of nitrogens with zero attached hydrogens (tertiary/aromatic N) is 2. The molecule has 3 aromatic rings. The lowest BCUT2D eigenvalue weighted by atomic mass is 9.96. The molecule has 5 nitrogen and oxygen atoms in total. The Morgan fingerprint density at radius 2 is 1.88 bits per heavy atom. The van der Waals surface area contributed by atoms with Crippen LogP contribution < -0.4 is 5.32 Å². The highest BCUT2D eigenvalue weighted by molar-refractivity contribution is 9.10. The molecule has 0 aliphatic carbocycles. The summed E-state index contributed by atoms with van der Waals surface area (Å²) < 4.78 is 6.63. The van der Waals surface area contributed by atoms with Gasteiger partial charge in [-0.2, -0.15) is 0 Å². The van der Waals surface area contributed by atoms with E-state index < -0.39 is 0 Å². The van der Waals surface area contributed by atoms with E-state index in [2.05, 4.69) is 31.2 Å². The normalized spacial score (nSPS) is 11.7. The lowest BCUT2D eigenvalue weighted by Crippen LogP contribution is -2.17. The zero-order valence-electron chi connectivity index (χ0n) is 14.0. The van der Waals surface area contributed by atoms with Gasteiger partial charge in [0.25, 0.3) is 5.91 Å². The van der Waals surface area contributed by atoms with Crippen molar-refractivity contribution in [3.8, 4) is 0 Å². The molecule has 24 heavy (non-hydrogen) atoms. The van der Waals surface area contributed by atoms with Crippen LogP contribution in [-0.2, 0) is 5.41 Å². The zero-order chi connectivity index (χ0) is 17.5. The van der Waals surface area contributed by atoms with E-state index in [0.717, 1.165) is 21.2 Å². The molecular weight excluding hydrogens is 370 g/mol. The maximum Gasteiger partial charge on any atom is 0.291 e. The lowest BCUT2D eigenvalue weighted by molar-refractivity contribution is 0.0998. The average Bonchev–Trinajstić information content (AvgIpc) is 2.84. The minimum Gasteiger partial charge on any atom is -0.451 e. The van der Waals surface area contributed by atoms with Crippen LogP contribution in [0.1, 0.15) is 42.7 Å². The van der Waals surface area contributed by atoms with Crippen molar-refractivity contribution in [2.75, 3.05) is 5.32 Å². The number of halogens is 1. The van der Waals surface area contributed by atoms with Crippen LogP contribution in [-0.4, -0.2) is 15.9 Å². The molecular formula is C18H18BrN3O2. The Balaban J connectivity index is 1.86. The third kappa shape index (κ3) is 3.19. The number of rotatable bonds is 2. The number of aromatic nitrogens is 2. The number of amides is 1. The van der Waals surface area contributed by atoms with Gasteiger partial charge in [-0.25, -0.2) is 9.97 Å². The second kappa shape index (κ2) is 6.02. The molecule has 1 aromatic carbocycles. The Morgan fingerprint density at radius 1 is 1.21 bits per heavy atom. The molecule has 0 saturated carbocycles. The number of hydrogen-bond acceptors (Lipinski definition) is 4. The largest absolute Gasteiger partial charge is 0.451 e. The van der Waals surface area contributed by atoms with E-state index in [9.17, 15) is 4.79 Å². The molecule has 124 valence electrons. The van der Waals surface area contributed by atoms with E-state index in [1.807, 2.05) is 45.9 Å². The summed E-state index contributed by atoms with van der Waals surface area (Å²) >= 11 is 3.43. The number of anilines is 1. The molecule has 0 aliphatic rings. The van der Waals surface area contributed by atoms with Gasteiger partial charge in [0.15, 0.2) is 5.76 Å². The van der Waals surface area contributed by atoms with Crippen LogP contribution in [0.3, 0.4) is 0 Å². The summed E-state index contributed by atoms with van der Waals surface area (Å²) in [5.41, 5.74) is 1.89. The number of nitrogens with one attached hydrogen (secondary N) is 1. The minimum atomic E-state index is -0.313. The Hall–Kier alpha value is -2.21. The van der Waals surface area contributed by atoms with Gasteiger partial charge in [-0.05, 0) is 25.1 Å². The molecule has 0 radical (unpaired) electrons. The number of fused-ring (bicyclic) bond motifs is 1. The van der Waals surface area contributed by atoms with Crippen LogP contribution in [0.5, 0.6) is 0 Å². The Bertz CT molecular complexity index is 908. The van der Waals surface area contributed by atoms with E-state index in [1.54, 1.807) is 12.4 Å². The van der Waals surface area contributed by atoms with Gasteiger partial charge in [0.2, 0.25) is 0 Å². The van der Waals surface area contributed by atoms with Crippen molar-refractivity contribution < 1.29 is 9.21 Å². The first-order valence-corrected chi connectivity index (χ1v) is 8.37. The summed E-state index contributed by atoms with van der Waals surface area (Å²) in [5, 5.41) is 3.69. The summed E-state index contributed by atoms with van der Waals surface area (Å²) in [6.07, 6.45) is 3.22. The summed E-state index contributed by atoms with van der Waals surface area (Å²) in [4.78, 5) is 21.1. The van der Waals surface area contributed by atoms with E-state index in [0.29, 0.717) is 17.0 Å². The van der Waals surface area contributed by atoms with E-state index in [4.69, 9.17) is 4.42 Å². The zero-order valence-corrected chi connectivity index (χ0v) is 15.6. The fourth-order valence-corrected chi connectivity index (χ4v) is 2.74. The molecule has 6 heteroatoms. The number of carbonyl (C=O) groups excluding carboxylic acids is 1. The van der Waals surface area contributed by atoms with E-state index in [1.165, 1.54) is 0 Å². The Morgan fingerprint density at radius 3 is 2.50 bits per heavy atom. The molecule has 1 N–H and O–H groups in total. The van der Waals surface area contributed by atoms with Crippen molar-refractivity contribution in [1.29, 1.82) is 0 Å². The van der Waals surface area contributed by atoms with Crippen LogP contribution in [0.15, 0.2) is 39.5 Å². The summed E-state index contributed by atoms with van der Waals surface area (Å²) in [6, 6.07) is 5.66. The topological polar surface area (TPSA) is 68.0 Å². The number of carbonyl (C=O) groups is 1. The highest BCUT2D eigenvalue weighted by Gasteiger charge is 2.20. The molecule has 0 spiro atoms. The standard InChI is InChI=1S/C18H18BrN3O2/c1-10-13-7-11(19)5-6-14(13)24-15(10)16(23)22-12-8-20-17(21-9-12)18(2,3)4/h5-9H,1-4H3,(H,22,23). The van der Waals surface area contributed by atoms with Gasteiger partial charge in [0.1, 0.15) is 11.4 Å². The molecule has 0 aliphatic heterocycles. The second-order valence-electron chi connectivity index (χ2n) is 6.70. The predicted octanol–water partition coefficient (Wildman–Crippen LogP) is 4.84. The summed E-state index contributed by atoms with van der Waals surface area (Å²) in [5.74, 6) is 0.709. The molecule has 2 aromatic heterocycles. The molecule has 0 unspecified atom stereocenters. The van der Waals surface area contributed by atoms with Gasteiger partial charge >= 0.3 is 0 Å². The Labute approximate surface area is 148 Å². The van der Waals surface area contributed by atoms with Crippen molar-refractivity contribution >= 4 is 38.5 Å². The number of hydrogen-bond donors (Lipinski definition) is 1. The second-order valence-corrected chi connectivity index (χ2v) is 7.61.